The molecule has 214 valence electrons. The molecule has 11 heteroatoms. The van der Waals surface area contributed by atoms with Crippen LogP contribution >= 0.6 is 0 Å². The number of hydrogen-bond donors (Lipinski definition) is 1. The number of carbonyl (C=O) groups excluding carboxylic acids is 2. The number of aryl methyl sites for hydroxylation is 1. The van der Waals surface area contributed by atoms with Gasteiger partial charge in [0, 0.05) is 61.5 Å². The first-order valence-corrected chi connectivity index (χ1v) is 13.5. The van der Waals surface area contributed by atoms with Crippen LogP contribution in [0.25, 0.3) is 33.4 Å². The molecule has 0 saturated carbocycles. The van der Waals surface area contributed by atoms with Crippen molar-refractivity contribution < 1.29 is 19.1 Å². The summed E-state index contributed by atoms with van der Waals surface area (Å²) in [5, 5.41) is 8.45. The van der Waals surface area contributed by atoms with Crippen LogP contribution in [-0.4, -0.2) is 80.1 Å². The SMILES string of the molecule is COc1cc2ncnc(-c3cn(C)nc3-c3ccccc3)c2cc1NC(=O)N1CCN(C(=O)OC(C)(C)C)C(C)C1. The summed E-state index contributed by atoms with van der Waals surface area (Å²) in [5.74, 6) is 0.477. The van der Waals surface area contributed by atoms with Gasteiger partial charge in [-0.2, -0.15) is 5.10 Å². The van der Waals surface area contributed by atoms with Gasteiger partial charge in [-0.1, -0.05) is 30.3 Å². The van der Waals surface area contributed by atoms with Gasteiger partial charge < -0.3 is 24.6 Å². The highest BCUT2D eigenvalue weighted by Crippen LogP contribution is 2.37. The maximum Gasteiger partial charge on any atom is 0.410 e. The predicted octanol–water partition coefficient (Wildman–Crippen LogP) is 5.18. The Bertz CT molecular complexity index is 1580. The van der Waals surface area contributed by atoms with Crippen LogP contribution in [0.4, 0.5) is 15.3 Å². The summed E-state index contributed by atoms with van der Waals surface area (Å²) in [7, 11) is 3.42. The number of hydrogen-bond acceptors (Lipinski definition) is 7. The number of carbonyl (C=O) groups is 2. The van der Waals surface area contributed by atoms with Crippen molar-refractivity contribution in [3.8, 4) is 28.3 Å². The fourth-order valence-corrected chi connectivity index (χ4v) is 4.96. The minimum atomic E-state index is -0.585. The van der Waals surface area contributed by atoms with Crippen molar-refractivity contribution in [2.45, 2.75) is 39.3 Å². The molecule has 0 spiro atoms. The van der Waals surface area contributed by atoms with Crippen LogP contribution in [0, 0.1) is 0 Å². The number of piperazine rings is 1. The Hall–Kier alpha value is -4.67. The van der Waals surface area contributed by atoms with Crippen molar-refractivity contribution in [1.82, 2.24) is 29.5 Å². The number of nitrogens with one attached hydrogen (secondary N) is 1. The number of methoxy groups -OCH3 is 1. The zero-order chi connectivity index (χ0) is 29.3. The van der Waals surface area contributed by atoms with E-state index in [1.807, 2.05) is 77.3 Å². The van der Waals surface area contributed by atoms with Crippen LogP contribution in [0.3, 0.4) is 0 Å². The van der Waals surface area contributed by atoms with Gasteiger partial charge in [-0.25, -0.2) is 19.6 Å². The van der Waals surface area contributed by atoms with Crippen LogP contribution in [0.2, 0.25) is 0 Å². The molecule has 5 rings (SSSR count). The minimum Gasteiger partial charge on any atom is -0.494 e. The Kier molecular flexibility index (Phi) is 7.53. The summed E-state index contributed by atoms with van der Waals surface area (Å²) in [6.07, 6.45) is 3.07. The number of urea groups is 1. The highest BCUT2D eigenvalue weighted by atomic mass is 16.6. The zero-order valence-electron chi connectivity index (χ0n) is 24.2. The third-order valence-corrected chi connectivity index (χ3v) is 6.87. The average molecular weight is 558 g/mol. The van der Waals surface area contributed by atoms with E-state index < -0.39 is 5.60 Å². The van der Waals surface area contributed by atoms with Crippen LogP contribution in [0.1, 0.15) is 27.7 Å². The molecule has 11 nitrogen and oxygen atoms in total. The Balaban J connectivity index is 1.43. The van der Waals surface area contributed by atoms with Crippen molar-refractivity contribution in [2.24, 2.45) is 7.05 Å². The van der Waals surface area contributed by atoms with Gasteiger partial charge in [0.05, 0.1) is 24.0 Å². The molecule has 0 aliphatic carbocycles. The molecule has 1 fully saturated rings. The number of aromatic nitrogens is 4. The van der Waals surface area contributed by atoms with Gasteiger partial charge in [0.2, 0.25) is 0 Å². The smallest absolute Gasteiger partial charge is 0.410 e. The molecule has 1 atom stereocenters. The van der Waals surface area contributed by atoms with E-state index in [2.05, 4.69) is 15.3 Å². The normalized spacial score (nSPS) is 15.6. The molecular weight excluding hydrogens is 522 g/mol. The number of fused-ring (bicyclic) bond motifs is 1. The molecule has 1 N–H and O–H groups in total. The van der Waals surface area contributed by atoms with E-state index in [0.29, 0.717) is 42.3 Å². The zero-order valence-corrected chi connectivity index (χ0v) is 24.2. The summed E-state index contributed by atoms with van der Waals surface area (Å²) in [6, 6.07) is 13.1. The monoisotopic (exact) mass is 557 g/mol. The third kappa shape index (κ3) is 5.93. The Morgan fingerprint density at radius 2 is 1.80 bits per heavy atom. The fourth-order valence-electron chi connectivity index (χ4n) is 4.96. The molecule has 3 heterocycles. The van der Waals surface area contributed by atoms with E-state index in [0.717, 1.165) is 22.2 Å². The number of amides is 3. The second kappa shape index (κ2) is 11.1. The van der Waals surface area contributed by atoms with E-state index in [-0.39, 0.29) is 18.2 Å². The lowest BCUT2D eigenvalue weighted by Crippen LogP contribution is -2.57. The Labute approximate surface area is 239 Å². The summed E-state index contributed by atoms with van der Waals surface area (Å²) >= 11 is 0. The third-order valence-electron chi connectivity index (χ3n) is 6.87. The van der Waals surface area contributed by atoms with Crippen molar-refractivity contribution in [3.05, 3.63) is 55.0 Å². The van der Waals surface area contributed by atoms with Gasteiger partial charge in [-0.05, 0) is 33.8 Å². The first-order valence-electron chi connectivity index (χ1n) is 13.5. The van der Waals surface area contributed by atoms with Crippen LogP contribution < -0.4 is 10.1 Å². The highest BCUT2D eigenvalue weighted by Gasteiger charge is 2.33. The van der Waals surface area contributed by atoms with Gasteiger partial charge in [-0.3, -0.25) is 4.68 Å². The van der Waals surface area contributed by atoms with Crippen molar-refractivity contribution in [1.29, 1.82) is 0 Å². The highest BCUT2D eigenvalue weighted by molar-refractivity contribution is 6.01. The van der Waals surface area contributed by atoms with Gasteiger partial charge in [-0.15, -0.1) is 0 Å². The molecule has 1 unspecified atom stereocenters. The summed E-state index contributed by atoms with van der Waals surface area (Å²) < 4.78 is 12.9. The van der Waals surface area contributed by atoms with E-state index >= 15 is 0 Å². The van der Waals surface area contributed by atoms with E-state index in [4.69, 9.17) is 14.6 Å². The molecule has 1 saturated heterocycles. The molecule has 0 bridgehead atoms. The lowest BCUT2D eigenvalue weighted by Gasteiger charge is -2.40. The molecule has 1 aliphatic heterocycles. The maximum absolute atomic E-state index is 13.4. The van der Waals surface area contributed by atoms with Gasteiger partial charge in [0.25, 0.3) is 0 Å². The number of ether oxygens (including phenoxy) is 2. The molecule has 1 aliphatic rings. The minimum absolute atomic E-state index is 0.204. The average Bonchev–Trinajstić information content (AvgIpc) is 3.33. The van der Waals surface area contributed by atoms with Gasteiger partial charge in [0.15, 0.2) is 0 Å². The van der Waals surface area contributed by atoms with Crippen molar-refractivity contribution >= 4 is 28.7 Å². The van der Waals surface area contributed by atoms with Crippen LogP contribution in [0.5, 0.6) is 5.75 Å². The number of benzene rings is 2. The van der Waals surface area contributed by atoms with Crippen molar-refractivity contribution in [2.75, 3.05) is 32.1 Å². The second-order valence-electron chi connectivity index (χ2n) is 11.1. The lowest BCUT2D eigenvalue weighted by atomic mass is 10.0. The van der Waals surface area contributed by atoms with E-state index in [1.54, 1.807) is 27.7 Å². The van der Waals surface area contributed by atoms with Crippen LogP contribution in [0.15, 0.2) is 55.0 Å². The summed E-state index contributed by atoms with van der Waals surface area (Å²) in [5.41, 5.74) is 3.89. The van der Waals surface area contributed by atoms with Crippen molar-refractivity contribution in [3.63, 3.8) is 0 Å². The Morgan fingerprint density at radius 3 is 2.49 bits per heavy atom. The summed E-state index contributed by atoms with van der Waals surface area (Å²) in [4.78, 5) is 38.5. The molecule has 41 heavy (non-hydrogen) atoms. The summed E-state index contributed by atoms with van der Waals surface area (Å²) in [6.45, 7) is 8.53. The quantitative estimate of drug-likeness (QED) is 0.368. The molecule has 2 aromatic heterocycles. The lowest BCUT2D eigenvalue weighted by molar-refractivity contribution is 0.00589. The standard InChI is InChI=1S/C30H35N7O4/c1-19-16-36(12-13-37(19)29(39)41-30(2,3)4)28(38)33-24-14-21-23(15-25(24)40-6)31-18-32-27(21)22-17-35(5)34-26(22)20-10-8-7-9-11-20/h7-11,14-15,17-19H,12-13,16H2,1-6H3,(H,33,38). The van der Waals surface area contributed by atoms with E-state index in [1.165, 1.54) is 6.33 Å². The van der Waals surface area contributed by atoms with E-state index in [9.17, 15) is 9.59 Å². The van der Waals surface area contributed by atoms with Gasteiger partial charge >= 0.3 is 12.1 Å². The number of nitrogens with zero attached hydrogens (tertiary/aromatic N) is 6. The number of anilines is 1. The molecular formula is C30H35N7O4. The van der Waals surface area contributed by atoms with Gasteiger partial charge in [0.1, 0.15) is 23.4 Å². The van der Waals surface area contributed by atoms with Crippen LogP contribution in [-0.2, 0) is 11.8 Å². The second-order valence-corrected chi connectivity index (χ2v) is 11.1. The first-order chi connectivity index (χ1) is 19.5. The number of rotatable bonds is 4. The molecule has 4 aromatic rings. The topological polar surface area (TPSA) is 115 Å². The fraction of sp³-hybridized carbons (Fsp3) is 0.367. The molecule has 3 amide bonds. The molecule has 0 radical (unpaired) electrons. The maximum atomic E-state index is 13.4. The first kappa shape index (κ1) is 27.9. The Morgan fingerprint density at radius 1 is 1.05 bits per heavy atom. The largest absolute Gasteiger partial charge is 0.494 e. The molecule has 2 aromatic carbocycles. The predicted molar refractivity (Wildman–Crippen MR) is 157 cm³/mol.